The lowest BCUT2D eigenvalue weighted by Gasteiger charge is -2.38. The summed E-state index contributed by atoms with van der Waals surface area (Å²) in [6, 6.07) is 10.6. The summed E-state index contributed by atoms with van der Waals surface area (Å²) in [6.45, 7) is 2.17. The number of halogens is 3. The molecule has 1 amide bonds. The molecule has 1 atom stereocenters. The number of nitrogens with zero attached hydrogens (tertiary/aromatic N) is 3. The number of fused-ring (bicyclic) bond motifs is 1. The number of alkyl halides is 3. The predicted octanol–water partition coefficient (Wildman–Crippen LogP) is 4.34. The van der Waals surface area contributed by atoms with Crippen LogP contribution in [0, 0.1) is 0 Å². The van der Waals surface area contributed by atoms with Gasteiger partial charge in [-0.3, -0.25) is 9.62 Å². The number of ether oxygens (including phenoxy) is 2. The van der Waals surface area contributed by atoms with Gasteiger partial charge >= 0.3 is 12.3 Å². The van der Waals surface area contributed by atoms with Crippen LogP contribution in [-0.2, 0) is 26.4 Å². The van der Waals surface area contributed by atoms with E-state index >= 15 is 0 Å². The number of anilines is 2. The van der Waals surface area contributed by atoms with E-state index in [1.54, 1.807) is 6.07 Å². The van der Waals surface area contributed by atoms with Crippen LogP contribution in [0.1, 0.15) is 30.0 Å². The Hall–Kier alpha value is -3.87. The van der Waals surface area contributed by atoms with E-state index in [9.17, 15) is 26.4 Å². The first kappa shape index (κ1) is 24.8. The van der Waals surface area contributed by atoms with E-state index in [1.807, 2.05) is 6.92 Å². The van der Waals surface area contributed by atoms with Gasteiger partial charge in [-0.1, -0.05) is 19.1 Å². The number of hydrogen-bond acceptors (Lipinski definition) is 7. The molecule has 1 aromatic heterocycles. The van der Waals surface area contributed by atoms with Gasteiger partial charge < -0.3 is 9.47 Å². The molecule has 0 spiro atoms. The summed E-state index contributed by atoms with van der Waals surface area (Å²) in [5.74, 6) is 0.309. The number of cyclic esters (lactones) is 1. The third kappa shape index (κ3) is 4.54. The first-order valence-corrected chi connectivity index (χ1v) is 12.7. The van der Waals surface area contributed by atoms with Crippen molar-refractivity contribution in [3.8, 4) is 5.75 Å². The van der Waals surface area contributed by atoms with Crippen molar-refractivity contribution in [2.24, 2.45) is 0 Å². The van der Waals surface area contributed by atoms with E-state index in [4.69, 9.17) is 9.47 Å². The van der Waals surface area contributed by atoms with Gasteiger partial charge in [-0.15, -0.1) is 5.10 Å². The first-order valence-electron chi connectivity index (χ1n) is 11.2. The minimum atomic E-state index is -4.61. The van der Waals surface area contributed by atoms with Gasteiger partial charge in [0.1, 0.15) is 12.4 Å². The predicted molar refractivity (Wildman–Crippen MR) is 126 cm³/mol. The van der Waals surface area contributed by atoms with E-state index in [2.05, 4.69) is 14.9 Å². The van der Waals surface area contributed by atoms with Gasteiger partial charge in [-0.2, -0.15) is 18.3 Å². The number of carbonyl (C=O) groups is 1. The van der Waals surface area contributed by atoms with E-state index in [0.717, 1.165) is 12.1 Å². The Labute approximate surface area is 210 Å². The first-order chi connectivity index (χ1) is 17.5. The molecule has 13 heteroatoms. The van der Waals surface area contributed by atoms with Gasteiger partial charge in [0.25, 0.3) is 10.0 Å². The highest BCUT2D eigenvalue weighted by atomic mass is 32.2. The zero-order valence-corrected chi connectivity index (χ0v) is 20.3. The normalized spacial score (nSPS) is 19.7. The Morgan fingerprint density at radius 2 is 1.84 bits per heavy atom. The molecule has 1 N–H and O–H groups in total. The molecule has 9 nitrogen and oxygen atoms in total. The molecule has 3 aromatic rings. The SMILES string of the molecule is C[C@@]1(c2ccc(C(F)(F)F)cc2N2CCOC2=O)CCOc2cc(S(=O)(=O)Nc3cccnn3)ccc21. The Morgan fingerprint density at radius 1 is 1.05 bits per heavy atom. The molecule has 2 aliphatic heterocycles. The van der Waals surface area contributed by atoms with Crippen molar-refractivity contribution in [1.29, 1.82) is 0 Å². The van der Waals surface area contributed by atoms with Crippen LogP contribution in [0.2, 0.25) is 0 Å². The topological polar surface area (TPSA) is 111 Å². The monoisotopic (exact) mass is 534 g/mol. The number of carbonyl (C=O) groups excluding carboxylic acids is 1. The molecule has 0 radical (unpaired) electrons. The van der Waals surface area contributed by atoms with Crippen LogP contribution in [0.25, 0.3) is 0 Å². The van der Waals surface area contributed by atoms with Crippen LogP contribution in [0.4, 0.5) is 29.5 Å². The molecule has 0 bridgehead atoms. The van der Waals surface area contributed by atoms with E-state index < -0.39 is 33.3 Å². The molecule has 3 heterocycles. The number of hydrogen-bond donors (Lipinski definition) is 1. The Kier molecular flexibility index (Phi) is 5.97. The molecule has 1 fully saturated rings. The summed E-state index contributed by atoms with van der Waals surface area (Å²) in [7, 11) is -4.03. The van der Waals surface area contributed by atoms with Gasteiger partial charge in [0.05, 0.1) is 29.3 Å². The molecule has 2 aliphatic rings. The minimum absolute atomic E-state index is 0.0397. The average molecular weight is 535 g/mol. The Bertz CT molecular complexity index is 1470. The fraction of sp³-hybridized carbons (Fsp3) is 0.292. The lowest BCUT2D eigenvalue weighted by atomic mass is 9.71. The van der Waals surface area contributed by atoms with Crippen molar-refractivity contribution in [2.45, 2.75) is 29.8 Å². The molecule has 37 heavy (non-hydrogen) atoms. The third-order valence-corrected chi connectivity index (χ3v) is 7.85. The fourth-order valence-electron chi connectivity index (χ4n) is 4.59. The third-order valence-electron chi connectivity index (χ3n) is 6.50. The zero-order valence-electron chi connectivity index (χ0n) is 19.4. The lowest BCUT2D eigenvalue weighted by molar-refractivity contribution is -0.137. The molecule has 5 rings (SSSR count). The van der Waals surface area contributed by atoms with Crippen molar-refractivity contribution in [2.75, 3.05) is 29.4 Å². The number of sulfonamides is 1. The zero-order chi connectivity index (χ0) is 26.4. The fourth-order valence-corrected chi connectivity index (χ4v) is 5.60. The second kappa shape index (κ2) is 8.91. The summed E-state index contributed by atoms with van der Waals surface area (Å²) in [4.78, 5) is 13.4. The van der Waals surface area contributed by atoms with Crippen LogP contribution in [0.5, 0.6) is 5.75 Å². The number of nitrogens with one attached hydrogen (secondary N) is 1. The van der Waals surface area contributed by atoms with Gasteiger partial charge in [0.15, 0.2) is 5.82 Å². The molecule has 0 aliphatic carbocycles. The maximum atomic E-state index is 13.5. The summed E-state index contributed by atoms with van der Waals surface area (Å²) in [5, 5.41) is 7.37. The van der Waals surface area contributed by atoms with Gasteiger partial charge in [0.2, 0.25) is 0 Å². The maximum Gasteiger partial charge on any atom is 0.416 e. The summed E-state index contributed by atoms with van der Waals surface area (Å²) in [6.07, 6.45) is -3.55. The number of rotatable bonds is 5. The van der Waals surface area contributed by atoms with Crippen LogP contribution in [0.15, 0.2) is 59.6 Å². The highest BCUT2D eigenvalue weighted by molar-refractivity contribution is 7.92. The van der Waals surface area contributed by atoms with Crippen molar-refractivity contribution in [3.05, 3.63) is 71.4 Å². The molecular weight excluding hydrogens is 513 g/mol. The Balaban J connectivity index is 1.58. The van der Waals surface area contributed by atoms with E-state index in [0.29, 0.717) is 17.5 Å². The smallest absolute Gasteiger partial charge is 0.416 e. The molecule has 2 aromatic carbocycles. The highest BCUT2D eigenvalue weighted by Gasteiger charge is 2.41. The largest absolute Gasteiger partial charge is 0.493 e. The maximum absolute atomic E-state index is 13.5. The molecule has 0 unspecified atom stereocenters. The van der Waals surface area contributed by atoms with Gasteiger partial charge in [-0.05, 0) is 42.3 Å². The standard InChI is InChI=1S/C24H21F3N4O5S/c1-23(17-6-4-15(24(25,26)27)13-19(17)31-10-12-36-22(31)32)8-11-35-20-14-16(5-7-18(20)23)37(33,34)30-21-3-2-9-28-29-21/h2-7,9,13-14H,8,10-12H2,1H3,(H,29,30)/t23-/m0/s1. The van der Waals surface area contributed by atoms with Crippen LogP contribution in [-0.4, -0.2) is 44.5 Å². The second-order valence-corrected chi connectivity index (χ2v) is 10.5. The van der Waals surface area contributed by atoms with E-state index in [1.165, 1.54) is 41.4 Å². The summed E-state index contributed by atoms with van der Waals surface area (Å²) >= 11 is 0. The van der Waals surface area contributed by atoms with Crippen molar-refractivity contribution < 1.29 is 35.9 Å². The van der Waals surface area contributed by atoms with Crippen LogP contribution in [0.3, 0.4) is 0 Å². The van der Waals surface area contributed by atoms with E-state index in [-0.39, 0.29) is 41.9 Å². The molecule has 0 saturated carbocycles. The summed E-state index contributed by atoms with van der Waals surface area (Å²) < 4.78 is 79.6. The number of amides is 1. The van der Waals surface area contributed by atoms with Gasteiger partial charge in [0, 0.05) is 23.2 Å². The molecule has 1 saturated heterocycles. The van der Waals surface area contributed by atoms with Crippen molar-refractivity contribution in [1.82, 2.24) is 10.2 Å². The quantitative estimate of drug-likeness (QED) is 0.518. The summed E-state index contributed by atoms with van der Waals surface area (Å²) in [5.41, 5.74) is -0.647. The van der Waals surface area contributed by atoms with Crippen molar-refractivity contribution in [3.63, 3.8) is 0 Å². The molecule has 194 valence electrons. The minimum Gasteiger partial charge on any atom is -0.493 e. The number of benzene rings is 2. The number of aromatic nitrogens is 2. The lowest BCUT2D eigenvalue weighted by Crippen LogP contribution is -2.35. The van der Waals surface area contributed by atoms with Crippen molar-refractivity contribution >= 4 is 27.6 Å². The average Bonchev–Trinajstić information content (AvgIpc) is 3.29. The Morgan fingerprint density at radius 3 is 2.51 bits per heavy atom. The highest BCUT2D eigenvalue weighted by Crippen LogP contribution is 2.48. The second-order valence-electron chi connectivity index (χ2n) is 8.80. The van der Waals surface area contributed by atoms with Crippen LogP contribution < -0.4 is 14.4 Å². The van der Waals surface area contributed by atoms with Crippen LogP contribution >= 0.6 is 0 Å². The van der Waals surface area contributed by atoms with Gasteiger partial charge in [-0.25, -0.2) is 13.2 Å². The molecular formula is C24H21F3N4O5S.